The predicted octanol–water partition coefficient (Wildman–Crippen LogP) is 3.05. The third-order valence-corrected chi connectivity index (χ3v) is 5.88. The zero-order valence-electron chi connectivity index (χ0n) is 16.9. The highest BCUT2D eigenvalue weighted by Gasteiger charge is 2.34. The van der Waals surface area contributed by atoms with E-state index in [4.69, 9.17) is 0 Å². The standard InChI is InChI=1S/C22H32N4O/c1-25(2)22(11-5-4-6-12-22)17-24-21(27)16-26(3)15-18-9-10-20-19(14-18)8-7-13-23-20/h7-10,13-14H,4-6,11-12,15-17H2,1-3H3,(H,24,27). The minimum absolute atomic E-state index is 0.103. The molecule has 1 fully saturated rings. The Bertz CT molecular complexity index is 768. The number of rotatable bonds is 7. The van der Waals surface area contributed by atoms with E-state index in [9.17, 15) is 4.79 Å². The number of hydrogen-bond acceptors (Lipinski definition) is 4. The van der Waals surface area contributed by atoms with Gasteiger partial charge in [0.25, 0.3) is 0 Å². The van der Waals surface area contributed by atoms with Gasteiger partial charge in [0.15, 0.2) is 0 Å². The highest BCUT2D eigenvalue weighted by molar-refractivity contribution is 5.79. The molecule has 1 saturated carbocycles. The highest BCUT2D eigenvalue weighted by atomic mass is 16.2. The van der Waals surface area contributed by atoms with Crippen molar-refractivity contribution in [2.75, 3.05) is 34.2 Å². The molecule has 0 spiro atoms. The summed E-state index contributed by atoms with van der Waals surface area (Å²) in [6, 6.07) is 10.3. The average molecular weight is 369 g/mol. The van der Waals surface area contributed by atoms with Gasteiger partial charge in [0.05, 0.1) is 12.1 Å². The van der Waals surface area contributed by atoms with Crippen molar-refractivity contribution in [2.45, 2.75) is 44.2 Å². The predicted molar refractivity (Wildman–Crippen MR) is 111 cm³/mol. The van der Waals surface area contributed by atoms with Gasteiger partial charge in [-0.25, -0.2) is 0 Å². The first-order valence-electron chi connectivity index (χ1n) is 9.95. The normalized spacial score (nSPS) is 16.8. The summed E-state index contributed by atoms with van der Waals surface area (Å²) in [5, 5.41) is 4.33. The van der Waals surface area contributed by atoms with Crippen LogP contribution in [0.25, 0.3) is 10.9 Å². The van der Waals surface area contributed by atoms with Crippen LogP contribution in [0.1, 0.15) is 37.7 Å². The van der Waals surface area contributed by atoms with E-state index < -0.39 is 0 Å². The van der Waals surface area contributed by atoms with Gasteiger partial charge >= 0.3 is 0 Å². The monoisotopic (exact) mass is 368 g/mol. The summed E-state index contributed by atoms with van der Waals surface area (Å²) in [5.74, 6) is 0.103. The molecule has 5 nitrogen and oxygen atoms in total. The van der Waals surface area contributed by atoms with Gasteiger partial charge in [0.2, 0.25) is 5.91 Å². The quantitative estimate of drug-likeness (QED) is 0.816. The van der Waals surface area contributed by atoms with Gasteiger partial charge in [-0.1, -0.05) is 31.4 Å². The Hall–Kier alpha value is -1.98. The van der Waals surface area contributed by atoms with E-state index in [1.165, 1.54) is 37.7 Å². The number of likely N-dealkylation sites (N-methyl/N-ethyl adjacent to an activating group) is 2. The van der Waals surface area contributed by atoms with E-state index in [0.717, 1.165) is 24.0 Å². The second-order valence-corrected chi connectivity index (χ2v) is 8.16. The number of nitrogens with zero attached hydrogens (tertiary/aromatic N) is 3. The van der Waals surface area contributed by atoms with Gasteiger partial charge in [-0.3, -0.25) is 14.7 Å². The van der Waals surface area contributed by atoms with Crippen LogP contribution in [0.3, 0.4) is 0 Å². The first-order chi connectivity index (χ1) is 13.0. The number of carbonyl (C=O) groups is 1. The summed E-state index contributed by atoms with van der Waals surface area (Å²) >= 11 is 0. The van der Waals surface area contributed by atoms with Gasteiger partial charge in [0.1, 0.15) is 0 Å². The van der Waals surface area contributed by atoms with Crippen molar-refractivity contribution in [3.8, 4) is 0 Å². The molecule has 0 bridgehead atoms. The largest absolute Gasteiger partial charge is 0.353 e. The maximum Gasteiger partial charge on any atom is 0.234 e. The van der Waals surface area contributed by atoms with Crippen LogP contribution in [0, 0.1) is 0 Å². The molecule has 146 valence electrons. The Morgan fingerprint density at radius 3 is 2.67 bits per heavy atom. The second kappa shape index (κ2) is 8.81. The Morgan fingerprint density at radius 1 is 1.15 bits per heavy atom. The molecular formula is C22H32N4O. The topological polar surface area (TPSA) is 48.5 Å². The maximum atomic E-state index is 12.5. The summed E-state index contributed by atoms with van der Waals surface area (Å²) in [5.41, 5.74) is 2.32. The van der Waals surface area contributed by atoms with E-state index in [1.807, 2.05) is 25.4 Å². The average Bonchev–Trinajstić information content (AvgIpc) is 2.67. The molecule has 27 heavy (non-hydrogen) atoms. The fourth-order valence-electron chi connectivity index (χ4n) is 4.15. The van der Waals surface area contributed by atoms with Crippen molar-refractivity contribution in [3.05, 3.63) is 42.1 Å². The van der Waals surface area contributed by atoms with Gasteiger partial charge < -0.3 is 10.2 Å². The lowest BCUT2D eigenvalue weighted by atomic mass is 9.80. The molecule has 1 heterocycles. The van der Waals surface area contributed by atoms with E-state index in [2.05, 4.69) is 52.4 Å². The zero-order chi connectivity index (χ0) is 19.3. The summed E-state index contributed by atoms with van der Waals surface area (Å²) in [6.07, 6.45) is 7.97. The van der Waals surface area contributed by atoms with Gasteiger partial charge in [-0.15, -0.1) is 0 Å². The molecule has 5 heteroatoms. The van der Waals surface area contributed by atoms with Crippen LogP contribution < -0.4 is 5.32 Å². The van der Waals surface area contributed by atoms with Crippen LogP contribution in [-0.2, 0) is 11.3 Å². The van der Waals surface area contributed by atoms with Gasteiger partial charge in [-0.2, -0.15) is 0 Å². The van der Waals surface area contributed by atoms with E-state index >= 15 is 0 Å². The number of nitrogens with one attached hydrogen (secondary N) is 1. The van der Waals surface area contributed by atoms with Crippen LogP contribution in [0.2, 0.25) is 0 Å². The SMILES string of the molecule is CN(CC(=O)NCC1(N(C)C)CCCCC1)Cc1ccc2ncccc2c1. The lowest BCUT2D eigenvalue weighted by Gasteiger charge is -2.43. The number of fused-ring (bicyclic) bond motifs is 1. The number of hydrogen-bond donors (Lipinski definition) is 1. The van der Waals surface area contributed by atoms with Crippen molar-refractivity contribution in [1.82, 2.24) is 20.1 Å². The summed E-state index contributed by atoms with van der Waals surface area (Å²) < 4.78 is 0. The number of pyridine rings is 1. The fraction of sp³-hybridized carbons (Fsp3) is 0.545. The first kappa shape index (κ1) is 19.8. The fourth-order valence-corrected chi connectivity index (χ4v) is 4.15. The van der Waals surface area contributed by atoms with Crippen LogP contribution in [0.4, 0.5) is 0 Å². The van der Waals surface area contributed by atoms with E-state index in [-0.39, 0.29) is 11.4 Å². The Morgan fingerprint density at radius 2 is 1.93 bits per heavy atom. The molecule has 1 aromatic heterocycles. The minimum atomic E-state index is 0.103. The highest BCUT2D eigenvalue weighted by Crippen LogP contribution is 2.31. The number of carbonyl (C=O) groups excluding carboxylic acids is 1. The third-order valence-electron chi connectivity index (χ3n) is 5.88. The summed E-state index contributed by atoms with van der Waals surface area (Å²) in [6.45, 7) is 1.90. The van der Waals surface area contributed by atoms with Gasteiger partial charge in [-0.05, 0) is 57.7 Å². The maximum absolute atomic E-state index is 12.5. The minimum Gasteiger partial charge on any atom is -0.353 e. The lowest BCUT2D eigenvalue weighted by molar-refractivity contribution is -0.122. The smallest absolute Gasteiger partial charge is 0.234 e. The van der Waals surface area contributed by atoms with Crippen molar-refractivity contribution < 1.29 is 4.79 Å². The van der Waals surface area contributed by atoms with E-state index in [1.54, 1.807) is 0 Å². The van der Waals surface area contributed by atoms with Crippen molar-refractivity contribution >= 4 is 16.8 Å². The molecule has 0 saturated heterocycles. The molecule has 1 aliphatic carbocycles. The van der Waals surface area contributed by atoms with E-state index in [0.29, 0.717) is 6.54 Å². The molecule has 0 radical (unpaired) electrons. The van der Waals surface area contributed by atoms with Crippen molar-refractivity contribution in [2.24, 2.45) is 0 Å². The summed E-state index contributed by atoms with van der Waals surface area (Å²) in [7, 11) is 6.27. The van der Waals surface area contributed by atoms with Crippen molar-refractivity contribution in [1.29, 1.82) is 0 Å². The lowest BCUT2D eigenvalue weighted by Crippen LogP contribution is -2.54. The van der Waals surface area contributed by atoms with Crippen LogP contribution in [-0.4, -0.2) is 60.5 Å². The second-order valence-electron chi connectivity index (χ2n) is 8.16. The summed E-state index contributed by atoms with van der Waals surface area (Å²) in [4.78, 5) is 21.2. The van der Waals surface area contributed by atoms with Crippen LogP contribution in [0.15, 0.2) is 36.5 Å². The molecule has 0 atom stereocenters. The molecule has 3 rings (SSSR count). The molecule has 0 aliphatic heterocycles. The van der Waals surface area contributed by atoms with Gasteiger partial charge in [0, 0.05) is 30.2 Å². The molecule has 1 aromatic carbocycles. The molecule has 0 unspecified atom stereocenters. The first-order valence-corrected chi connectivity index (χ1v) is 9.95. The van der Waals surface area contributed by atoms with Crippen LogP contribution in [0.5, 0.6) is 0 Å². The Labute approximate surface area is 162 Å². The number of aromatic nitrogens is 1. The zero-order valence-corrected chi connectivity index (χ0v) is 16.9. The van der Waals surface area contributed by atoms with Crippen molar-refractivity contribution in [3.63, 3.8) is 0 Å². The van der Waals surface area contributed by atoms with Crippen LogP contribution >= 0.6 is 0 Å². The number of benzene rings is 1. The molecule has 1 N–H and O–H groups in total. The third kappa shape index (κ3) is 5.05. The number of amides is 1. The molecule has 2 aromatic rings. The molecular weight excluding hydrogens is 336 g/mol. The Kier molecular flexibility index (Phi) is 6.45. The Balaban J connectivity index is 1.52. The molecule has 1 amide bonds. The molecule has 1 aliphatic rings.